The first kappa shape index (κ1) is 19.1. The predicted octanol–water partition coefficient (Wildman–Crippen LogP) is 4.66. The van der Waals surface area contributed by atoms with E-state index in [1.165, 1.54) is 57.1 Å². The Bertz CT molecular complexity index is 429. The second-order valence-corrected chi connectivity index (χ2v) is 6.41. The highest BCUT2D eigenvalue weighted by atomic mass is 32.2. The van der Waals surface area contributed by atoms with Crippen LogP contribution in [0, 0.1) is 6.92 Å². The molecule has 0 aliphatic rings. The van der Waals surface area contributed by atoms with Gasteiger partial charge in [0.1, 0.15) is 10.1 Å². The highest BCUT2D eigenvalue weighted by Crippen LogP contribution is 2.08. The fraction of sp³-hybridized carbons (Fsp3) is 0.625. The molecule has 0 amide bonds. The molecule has 0 saturated carbocycles. The van der Waals surface area contributed by atoms with Crippen LogP contribution in [0.25, 0.3) is 0 Å². The van der Waals surface area contributed by atoms with Gasteiger partial charge in [-0.15, -0.1) is 0 Å². The van der Waals surface area contributed by atoms with Crippen molar-refractivity contribution in [3.63, 3.8) is 0 Å². The molecule has 0 spiro atoms. The zero-order valence-electron chi connectivity index (χ0n) is 12.9. The van der Waals surface area contributed by atoms with Gasteiger partial charge >= 0.3 is 0 Å². The molecular weight excluding hydrogens is 272 g/mol. The van der Waals surface area contributed by atoms with Crippen molar-refractivity contribution in [2.45, 2.75) is 70.6 Å². The van der Waals surface area contributed by atoms with Crippen molar-refractivity contribution in [2.75, 3.05) is 0 Å². The molecule has 3 nitrogen and oxygen atoms in total. The Labute approximate surface area is 124 Å². The molecule has 116 valence electrons. The zero-order valence-corrected chi connectivity index (χ0v) is 13.7. The summed E-state index contributed by atoms with van der Waals surface area (Å²) in [5, 5.41) is 0. The van der Waals surface area contributed by atoms with Gasteiger partial charge in [0.2, 0.25) is 0 Å². The van der Waals surface area contributed by atoms with Crippen LogP contribution in [0.4, 0.5) is 0 Å². The SMILES string of the molecule is CCCCCCCCC.Cc1ccc(S(=O)(=O)[O-])cc1. The molecule has 0 aromatic heterocycles. The molecule has 0 heterocycles. The lowest BCUT2D eigenvalue weighted by atomic mass is 10.1. The normalized spacial score (nSPS) is 10.8. The van der Waals surface area contributed by atoms with E-state index in [2.05, 4.69) is 13.8 Å². The fourth-order valence-corrected chi connectivity index (χ4v) is 2.20. The molecule has 20 heavy (non-hydrogen) atoms. The molecule has 0 saturated heterocycles. The molecule has 1 rings (SSSR count). The van der Waals surface area contributed by atoms with Crippen LogP contribution in [-0.4, -0.2) is 13.0 Å². The zero-order chi connectivity index (χ0) is 15.4. The second-order valence-electron chi connectivity index (χ2n) is 5.03. The molecule has 0 aliphatic heterocycles. The molecule has 0 atom stereocenters. The van der Waals surface area contributed by atoms with Gasteiger partial charge in [-0.05, 0) is 19.1 Å². The molecule has 0 aliphatic carbocycles. The Balaban J connectivity index is 0.000000370. The maximum Gasteiger partial charge on any atom is 0.124 e. The van der Waals surface area contributed by atoms with E-state index in [9.17, 15) is 13.0 Å². The van der Waals surface area contributed by atoms with Gasteiger partial charge in [-0.1, -0.05) is 76.5 Å². The Morgan fingerprint density at radius 3 is 1.60 bits per heavy atom. The van der Waals surface area contributed by atoms with Crippen LogP contribution in [0.3, 0.4) is 0 Å². The van der Waals surface area contributed by atoms with E-state index in [-0.39, 0.29) is 4.90 Å². The molecular formula is C16H27O3S-. The van der Waals surface area contributed by atoms with Crippen molar-refractivity contribution in [3.8, 4) is 0 Å². The van der Waals surface area contributed by atoms with Crippen LogP contribution in [0.15, 0.2) is 29.2 Å². The van der Waals surface area contributed by atoms with Gasteiger partial charge in [-0.3, -0.25) is 0 Å². The summed E-state index contributed by atoms with van der Waals surface area (Å²) in [6.07, 6.45) is 9.97. The Hall–Kier alpha value is -0.870. The highest BCUT2D eigenvalue weighted by molar-refractivity contribution is 7.85. The van der Waals surface area contributed by atoms with Gasteiger partial charge in [0.15, 0.2) is 0 Å². The number of benzene rings is 1. The Morgan fingerprint density at radius 2 is 1.25 bits per heavy atom. The molecule has 0 unspecified atom stereocenters. The van der Waals surface area contributed by atoms with E-state index < -0.39 is 10.1 Å². The largest absolute Gasteiger partial charge is 0.744 e. The van der Waals surface area contributed by atoms with Gasteiger partial charge in [0.05, 0.1) is 4.90 Å². The van der Waals surface area contributed by atoms with Crippen molar-refractivity contribution >= 4 is 10.1 Å². The summed E-state index contributed by atoms with van der Waals surface area (Å²) in [6, 6.07) is 5.78. The van der Waals surface area contributed by atoms with Gasteiger partial charge in [-0.25, -0.2) is 8.42 Å². The van der Waals surface area contributed by atoms with Gasteiger partial charge in [-0.2, -0.15) is 0 Å². The van der Waals surface area contributed by atoms with E-state index in [0.717, 1.165) is 5.56 Å². The summed E-state index contributed by atoms with van der Waals surface area (Å²) < 4.78 is 31.2. The van der Waals surface area contributed by atoms with Gasteiger partial charge in [0.25, 0.3) is 0 Å². The molecule has 0 bridgehead atoms. The summed E-state index contributed by atoms with van der Waals surface area (Å²) in [5.41, 5.74) is 0.928. The minimum atomic E-state index is -4.27. The van der Waals surface area contributed by atoms with Gasteiger partial charge < -0.3 is 4.55 Å². The molecule has 0 radical (unpaired) electrons. The molecule has 0 fully saturated rings. The van der Waals surface area contributed by atoms with E-state index in [4.69, 9.17) is 0 Å². The third kappa shape index (κ3) is 9.98. The summed E-state index contributed by atoms with van der Waals surface area (Å²) in [5.74, 6) is 0. The lowest BCUT2D eigenvalue weighted by Crippen LogP contribution is -1.97. The van der Waals surface area contributed by atoms with E-state index in [1.54, 1.807) is 12.1 Å². The standard InChI is InChI=1S/C9H20.C7H8O3S/c1-3-5-7-9-8-6-4-2;1-6-2-4-7(5-3-6)11(8,9)10/h3-9H2,1-2H3;2-5H,1H3,(H,8,9,10)/p-1. The summed E-state index contributed by atoms with van der Waals surface area (Å²) in [7, 11) is -4.27. The maximum absolute atomic E-state index is 10.4. The third-order valence-electron chi connectivity index (χ3n) is 3.02. The number of hydrogen-bond acceptors (Lipinski definition) is 3. The van der Waals surface area contributed by atoms with Crippen molar-refractivity contribution in [2.24, 2.45) is 0 Å². The summed E-state index contributed by atoms with van der Waals surface area (Å²) >= 11 is 0. The minimum absolute atomic E-state index is 0.178. The van der Waals surface area contributed by atoms with Crippen LogP contribution in [0.1, 0.15) is 64.4 Å². The van der Waals surface area contributed by atoms with E-state index in [0.29, 0.717) is 0 Å². The van der Waals surface area contributed by atoms with E-state index >= 15 is 0 Å². The quantitative estimate of drug-likeness (QED) is 0.543. The van der Waals surface area contributed by atoms with Crippen molar-refractivity contribution in [1.29, 1.82) is 0 Å². The fourth-order valence-electron chi connectivity index (χ4n) is 1.74. The predicted molar refractivity (Wildman–Crippen MR) is 82.8 cm³/mol. The second kappa shape index (κ2) is 10.9. The number of unbranched alkanes of at least 4 members (excludes halogenated alkanes) is 6. The smallest absolute Gasteiger partial charge is 0.124 e. The van der Waals surface area contributed by atoms with Crippen LogP contribution >= 0.6 is 0 Å². The van der Waals surface area contributed by atoms with E-state index in [1.807, 2.05) is 6.92 Å². The monoisotopic (exact) mass is 299 g/mol. The maximum atomic E-state index is 10.4. The molecule has 1 aromatic carbocycles. The van der Waals surface area contributed by atoms with Gasteiger partial charge in [0, 0.05) is 0 Å². The number of aryl methyl sites for hydroxylation is 1. The molecule has 0 N–H and O–H groups in total. The molecule has 4 heteroatoms. The number of rotatable bonds is 7. The van der Waals surface area contributed by atoms with Crippen LogP contribution in [0.5, 0.6) is 0 Å². The Morgan fingerprint density at radius 1 is 0.850 bits per heavy atom. The highest BCUT2D eigenvalue weighted by Gasteiger charge is 1.97. The topological polar surface area (TPSA) is 57.2 Å². The van der Waals surface area contributed by atoms with Crippen molar-refractivity contribution < 1.29 is 13.0 Å². The Kier molecular flexibility index (Phi) is 10.4. The first-order chi connectivity index (χ1) is 9.41. The van der Waals surface area contributed by atoms with Crippen molar-refractivity contribution in [1.82, 2.24) is 0 Å². The summed E-state index contributed by atoms with van der Waals surface area (Å²) in [4.78, 5) is -0.178. The van der Waals surface area contributed by atoms with Crippen LogP contribution in [-0.2, 0) is 10.1 Å². The lowest BCUT2D eigenvalue weighted by Gasteiger charge is -2.05. The van der Waals surface area contributed by atoms with Crippen LogP contribution < -0.4 is 0 Å². The average molecular weight is 299 g/mol. The molecule has 1 aromatic rings. The first-order valence-electron chi connectivity index (χ1n) is 7.44. The third-order valence-corrected chi connectivity index (χ3v) is 3.87. The summed E-state index contributed by atoms with van der Waals surface area (Å²) in [6.45, 7) is 6.35. The first-order valence-corrected chi connectivity index (χ1v) is 8.85. The van der Waals surface area contributed by atoms with Crippen molar-refractivity contribution in [3.05, 3.63) is 29.8 Å². The number of hydrogen-bond donors (Lipinski definition) is 0. The van der Waals surface area contributed by atoms with Crippen LogP contribution in [0.2, 0.25) is 0 Å². The minimum Gasteiger partial charge on any atom is -0.744 e. The lowest BCUT2D eigenvalue weighted by molar-refractivity contribution is 0.463. The average Bonchev–Trinajstić information content (AvgIpc) is 2.39.